The first kappa shape index (κ1) is 15.5. The quantitative estimate of drug-likeness (QED) is 0.294. The van der Waals surface area contributed by atoms with Crippen LogP contribution in [0.25, 0.3) is 10.9 Å². The summed E-state index contributed by atoms with van der Waals surface area (Å²) in [6.07, 6.45) is 0. The number of halogens is 1. The van der Waals surface area contributed by atoms with Gasteiger partial charge in [-0.15, -0.1) is 0 Å². The maximum atomic E-state index is 12.2. The molecule has 21 heavy (non-hydrogen) atoms. The van der Waals surface area contributed by atoms with E-state index in [1.165, 1.54) is 0 Å². The molecule has 0 aliphatic carbocycles. The number of hydrogen-bond acceptors (Lipinski definition) is 4. The minimum absolute atomic E-state index is 0.175. The van der Waals surface area contributed by atoms with E-state index in [0.29, 0.717) is 5.56 Å². The van der Waals surface area contributed by atoms with Gasteiger partial charge < -0.3 is 9.72 Å². The topological polar surface area (TPSA) is 85.2 Å². The molecule has 2 unspecified atom stereocenters. The Kier molecular flexibility index (Phi) is 4.62. The summed E-state index contributed by atoms with van der Waals surface area (Å²) in [6.45, 7) is 3.64. The molecule has 0 saturated heterocycles. The van der Waals surface area contributed by atoms with Crippen LogP contribution in [0.5, 0.6) is 0 Å². The number of nitro groups is 1. The Balaban J connectivity index is 2.60. The molecule has 0 fully saturated rings. The number of para-hydroxylation sites is 1. The minimum Gasteiger partial charge on any atom is -0.465 e. The molecule has 0 aliphatic heterocycles. The van der Waals surface area contributed by atoms with Crippen molar-refractivity contribution in [1.29, 1.82) is 0 Å². The van der Waals surface area contributed by atoms with Crippen LogP contribution in [0, 0.1) is 17.0 Å². The van der Waals surface area contributed by atoms with Crippen molar-refractivity contribution in [2.75, 3.05) is 6.61 Å². The summed E-state index contributed by atoms with van der Waals surface area (Å²) in [5.74, 6) is -1.61. The normalized spacial score (nSPS) is 13.9. The minimum atomic E-state index is -1.24. The monoisotopic (exact) mass is 354 g/mol. The molecular weight excluding hydrogens is 340 g/mol. The van der Waals surface area contributed by atoms with Crippen LogP contribution in [0.2, 0.25) is 0 Å². The lowest BCUT2D eigenvalue weighted by Gasteiger charge is -2.16. The summed E-state index contributed by atoms with van der Waals surface area (Å²) in [4.78, 5) is 24.7. The summed E-state index contributed by atoms with van der Waals surface area (Å²) >= 11 is 3.01. The summed E-state index contributed by atoms with van der Waals surface area (Å²) in [6, 6.07) is 7.39. The van der Waals surface area contributed by atoms with Crippen LogP contribution in [0.3, 0.4) is 0 Å². The van der Waals surface area contributed by atoms with Crippen LogP contribution in [0.4, 0.5) is 0 Å². The van der Waals surface area contributed by atoms with Crippen molar-refractivity contribution in [3.05, 3.63) is 45.6 Å². The molecule has 0 saturated carbocycles. The van der Waals surface area contributed by atoms with Crippen LogP contribution in [-0.4, -0.2) is 27.4 Å². The van der Waals surface area contributed by atoms with Crippen LogP contribution >= 0.6 is 15.9 Å². The summed E-state index contributed by atoms with van der Waals surface area (Å²) in [5, 5.41) is 11.9. The lowest BCUT2D eigenvalue weighted by molar-refractivity contribution is -0.494. The first-order chi connectivity index (χ1) is 9.97. The highest BCUT2D eigenvalue weighted by Crippen LogP contribution is 2.35. The average Bonchev–Trinajstić information content (AvgIpc) is 2.76. The smallest absolute Gasteiger partial charge is 0.321 e. The van der Waals surface area contributed by atoms with Gasteiger partial charge in [0.1, 0.15) is 0 Å². The highest BCUT2D eigenvalue weighted by molar-refractivity contribution is 9.09. The molecule has 0 radical (unpaired) electrons. The third-order valence-electron chi connectivity index (χ3n) is 3.27. The highest BCUT2D eigenvalue weighted by atomic mass is 79.9. The molecule has 2 atom stereocenters. The fourth-order valence-corrected chi connectivity index (χ4v) is 2.90. The lowest BCUT2D eigenvalue weighted by atomic mass is 9.96. The molecule has 0 aliphatic rings. The number of H-pyrrole nitrogens is 1. The van der Waals surface area contributed by atoms with Gasteiger partial charge in [0.15, 0.2) is 5.92 Å². The number of rotatable bonds is 5. The molecular formula is C14H15BrN2O4. The molecule has 1 aromatic heterocycles. The zero-order valence-electron chi connectivity index (χ0n) is 11.6. The number of aromatic nitrogens is 1. The summed E-state index contributed by atoms with van der Waals surface area (Å²) in [7, 11) is 0. The molecule has 0 amide bonds. The highest BCUT2D eigenvalue weighted by Gasteiger charge is 2.40. The molecule has 2 aromatic rings. The fourth-order valence-electron chi connectivity index (χ4n) is 2.42. The van der Waals surface area contributed by atoms with Gasteiger partial charge in [0.05, 0.1) is 6.61 Å². The largest absolute Gasteiger partial charge is 0.465 e. The van der Waals surface area contributed by atoms with E-state index in [1.54, 1.807) is 13.8 Å². The van der Waals surface area contributed by atoms with Crippen molar-refractivity contribution < 1.29 is 14.5 Å². The van der Waals surface area contributed by atoms with E-state index in [4.69, 9.17) is 4.74 Å². The Morgan fingerprint density at radius 1 is 1.48 bits per heavy atom. The summed E-state index contributed by atoms with van der Waals surface area (Å²) < 4.78 is 5.02. The molecule has 6 nitrogen and oxygen atoms in total. The van der Waals surface area contributed by atoms with Crippen molar-refractivity contribution in [2.24, 2.45) is 0 Å². The molecule has 0 bridgehead atoms. The molecule has 2 rings (SSSR count). The van der Waals surface area contributed by atoms with Gasteiger partial charge in [-0.2, -0.15) is 0 Å². The SMILES string of the molecule is CCOC(=O)C(c1c(C)[nH]c2ccccc12)C(Br)[N+](=O)[O-]. The van der Waals surface area contributed by atoms with Crippen molar-refractivity contribution >= 4 is 32.8 Å². The summed E-state index contributed by atoms with van der Waals surface area (Å²) in [5.41, 5.74) is 2.16. The molecule has 7 heteroatoms. The van der Waals surface area contributed by atoms with E-state index in [-0.39, 0.29) is 6.61 Å². The fraction of sp³-hybridized carbons (Fsp3) is 0.357. The predicted octanol–water partition coefficient (Wildman–Crippen LogP) is 3.12. The Hall–Kier alpha value is -1.89. The first-order valence-electron chi connectivity index (χ1n) is 6.48. The second-order valence-corrected chi connectivity index (χ2v) is 5.54. The number of ether oxygens (including phenoxy) is 1. The standard InChI is InChI=1S/C14H15BrN2O4/c1-3-21-14(18)12(13(15)17(19)20)11-8(2)16-10-7-5-4-6-9(10)11/h4-7,12-13,16H,3H2,1-2H3. The Morgan fingerprint density at radius 3 is 2.76 bits per heavy atom. The maximum Gasteiger partial charge on any atom is 0.321 e. The van der Waals surface area contributed by atoms with E-state index >= 15 is 0 Å². The number of aryl methyl sites for hydroxylation is 1. The van der Waals surface area contributed by atoms with Crippen LogP contribution in [0.15, 0.2) is 24.3 Å². The maximum absolute atomic E-state index is 12.2. The number of carbonyl (C=O) groups excluding carboxylic acids is 1. The van der Waals surface area contributed by atoms with Gasteiger partial charge in [-0.05, 0) is 35.8 Å². The van der Waals surface area contributed by atoms with E-state index in [2.05, 4.69) is 20.9 Å². The predicted molar refractivity (Wildman–Crippen MR) is 82.1 cm³/mol. The van der Waals surface area contributed by atoms with Gasteiger partial charge in [0.2, 0.25) is 0 Å². The van der Waals surface area contributed by atoms with Crippen molar-refractivity contribution in [2.45, 2.75) is 24.7 Å². The third kappa shape index (κ3) is 2.92. The number of fused-ring (bicyclic) bond motifs is 1. The molecule has 1 N–H and O–H groups in total. The number of nitrogens with one attached hydrogen (secondary N) is 1. The number of aromatic amines is 1. The van der Waals surface area contributed by atoms with E-state index in [9.17, 15) is 14.9 Å². The van der Waals surface area contributed by atoms with Gasteiger partial charge in [0.25, 0.3) is 4.95 Å². The Labute approximate surface area is 129 Å². The number of hydrogen-bond donors (Lipinski definition) is 1. The number of nitrogens with zero attached hydrogens (tertiary/aromatic N) is 1. The number of benzene rings is 1. The van der Waals surface area contributed by atoms with E-state index < -0.39 is 21.8 Å². The van der Waals surface area contributed by atoms with Crippen molar-refractivity contribution in [3.8, 4) is 0 Å². The molecule has 0 spiro atoms. The van der Waals surface area contributed by atoms with Crippen molar-refractivity contribution in [1.82, 2.24) is 4.98 Å². The molecule has 1 heterocycles. The first-order valence-corrected chi connectivity index (χ1v) is 7.40. The number of esters is 1. The van der Waals surface area contributed by atoms with E-state index in [0.717, 1.165) is 16.6 Å². The second kappa shape index (κ2) is 6.26. The average molecular weight is 355 g/mol. The lowest BCUT2D eigenvalue weighted by Crippen LogP contribution is -2.30. The van der Waals surface area contributed by atoms with Crippen LogP contribution in [0.1, 0.15) is 24.1 Å². The third-order valence-corrected chi connectivity index (χ3v) is 4.13. The van der Waals surface area contributed by atoms with Crippen LogP contribution < -0.4 is 0 Å². The van der Waals surface area contributed by atoms with Gasteiger partial charge in [0, 0.05) is 27.1 Å². The van der Waals surface area contributed by atoms with E-state index in [1.807, 2.05) is 24.3 Å². The van der Waals surface area contributed by atoms with Crippen molar-refractivity contribution in [3.63, 3.8) is 0 Å². The van der Waals surface area contributed by atoms with Crippen LogP contribution in [-0.2, 0) is 9.53 Å². The van der Waals surface area contributed by atoms with Gasteiger partial charge in [-0.3, -0.25) is 14.9 Å². The molecule has 112 valence electrons. The Bertz CT molecular complexity index is 683. The second-order valence-electron chi connectivity index (χ2n) is 4.60. The zero-order valence-corrected chi connectivity index (χ0v) is 13.2. The van der Waals surface area contributed by atoms with Gasteiger partial charge >= 0.3 is 5.97 Å². The van der Waals surface area contributed by atoms with Gasteiger partial charge in [-0.25, -0.2) is 0 Å². The molecule has 1 aromatic carbocycles. The Morgan fingerprint density at radius 2 is 2.14 bits per heavy atom. The number of carbonyl (C=O) groups is 1. The van der Waals surface area contributed by atoms with Gasteiger partial charge in [-0.1, -0.05) is 18.2 Å². The zero-order chi connectivity index (χ0) is 15.6. The number of alkyl halides is 1.